The number of halogens is 1. The SMILES string of the molecule is CC1CC(N[C@H](C)c2ccc(F)cc2)C1. The predicted octanol–water partition coefficient (Wildman–Crippen LogP) is 3.27. The fraction of sp³-hybridized carbons (Fsp3) is 0.538. The van der Waals surface area contributed by atoms with Crippen LogP contribution in [0, 0.1) is 11.7 Å². The van der Waals surface area contributed by atoms with E-state index >= 15 is 0 Å². The molecule has 0 bridgehead atoms. The van der Waals surface area contributed by atoms with Gasteiger partial charge in [0.1, 0.15) is 5.82 Å². The summed E-state index contributed by atoms with van der Waals surface area (Å²) in [4.78, 5) is 0. The Hall–Kier alpha value is -0.890. The molecule has 0 unspecified atom stereocenters. The molecule has 2 rings (SSSR count). The predicted molar refractivity (Wildman–Crippen MR) is 60.1 cm³/mol. The van der Waals surface area contributed by atoms with E-state index in [9.17, 15) is 4.39 Å². The summed E-state index contributed by atoms with van der Waals surface area (Å²) in [6, 6.07) is 7.74. The third-order valence-electron chi connectivity index (χ3n) is 3.23. The van der Waals surface area contributed by atoms with Crippen LogP contribution >= 0.6 is 0 Å². The maximum absolute atomic E-state index is 12.7. The second-order valence-electron chi connectivity index (χ2n) is 4.71. The zero-order valence-corrected chi connectivity index (χ0v) is 9.33. The zero-order valence-electron chi connectivity index (χ0n) is 9.33. The molecule has 1 atom stereocenters. The van der Waals surface area contributed by atoms with Crippen LogP contribution in [-0.4, -0.2) is 6.04 Å². The van der Waals surface area contributed by atoms with Gasteiger partial charge in [0.05, 0.1) is 0 Å². The van der Waals surface area contributed by atoms with Crippen LogP contribution in [-0.2, 0) is 0 Å². The number of hydrogen-bond acceptors (Lipinski definition) is 1. The third kappa shape index (κ3) is 2.57. The lowest BCUT2D eigenvalue weighted by atomic mass is 9.81. The maximum atomic E-state index is 12.7. The molecule has 82 valence electrons. The number of nitrogens with one attached hydrogen (secondary N) is 1. The van der Waals surface area contributed by atoms with Gasteiger partial charge in [-0.3, -0.25) is 0 Å². The summed E-state index contributed by atoms with van der Waals surface area (Å²) in [5.41, 5.74) is 1.16. The molecule has 0 spiro atoms. The number of hydrogen-bond donors (Lipinski definition) is 1. The van der Waals surface area contributed by atoms with Crippen LogP contribution in [0.5, 0.6) is 0 Å². The lowest BCUT2D eigenvalue weighted by molar-refractivity contribution is 0.226. The van der Waals surface area contributed by atoms with E-state index in [0.717, 1.165) is 11.5 Å². The molecule has 1 saturated carbocycles. The van der Waals surface area contributed by atoms with Gasteiger partial charge in [0, 0.05) is 12.1 Å². The summed E-state index contributed by atoms with van der Waals surface area (Å²) in [5, 5.41) is 3.56. The highest BCUT2D eigenvalue weighted by Gasteiger charge is 2.26. The van der Waals surface area contributed by atoms with E-state index in [1.807, 2.05) is 12.1 Å². The van der Waals surface area contributed by atoms with E-state index in [1.54, 1.807) is 0 Å². The van der Waals surface area contributed by atoms with Crippen LogP contribution in [0.2, 0.25) is 0 Å². The quantitative estimate of drug-likeness (QED) is 0.802. The summed E-state index contributed by atoms with van der Waals surface area (Å²) >= 11 is 0. The minimum atomic E-state index is -0.164. The van der Waals surface area contributed by atoms with Crippen molar-refractivity contribution in [3.8, 4) is 0 Å². The molecule has 1 fully saturated rings. The Kier molecular flexibility index (Phi) is 3.06. The highest BCUT2D eigenvalue weighted by molar-refractivity contribution is 5.19. The Balaban J connectivity index is 1.90. The van der Waals surface area contributed by atoms with Gasteiger partial charge in [0.25, 0.3) is 0 Å². The van der Waals surface area contributed by atoms with Crippen LogP contribution < -0.4 is 5.32 Å². The topological polar surface area (TPSA) is 12.0 Å². The van der Waals surface area contributed by atoms with Crippen molar-refractivity contribution in [1.29, 1.82) is 0 Å². The summed E-state index contributed by atoms with van der Waals surface area (Å²) < 4.78 is 12.7. The first-order valence-electron chi connectivity index (χ1n) is 5.66. The van der Waals surface area contributed by atoms with Gasteiger partial charge < -0.3 is 5.32 Å². The van der Waals surface area contributed by atoms with Crippen LogP contribution in [0.25, 0.3) is 0 Å². The first-order valence-corrected chi connectivity index (χ1v) is 5.66. The third-order valence-corrected chi connectivity index (χ3v) is 3.23. The molecule has 1 aliphatic carbocycles. The fourth-order valence-electron chi connectivity index (χ4n) is 2.24. The van der Waals surface area contributed by atoms with Crippen molar-refractivity contribution in [2.75, 3.05) is 0 Å². The molecule has 0 radical (unpaired) electrons. The molecule has 1 nitrogen and oxygen atoms in total. The van der Waals surface area contributed by atoms with Gasteiger partial charge in [-0.25, -0.2) is 4.39 Å². The molecular weight excluding hydrogens is 189 g/mol. The average Bonchev–Trinajstić information content (AvgIpc) is 2.16. The standard InChI is InChI=1S/C13H18FN/c1-9-7-13(8-9)15-10(2)11-3-5-12(14)6-4-11/h3-6,9-10,13,15H,7-8H2,1-2H3/t9?,10-,13?/m1/s1. The van der Waals surface area contributed by atoms with Gasteiger partial charge in [-0.2, -0.15) is 0 Å². The molecule has 15 heavy (non-hydrogen) atoms. The lowest BCUT2D eigenvalue weighted by Gasteiger charge is -2.35. The second kappa shape index (κ2) is 4.31. The molecule has 0 aromatic heterocycles. The second-order valence-corrected chi connectivity index (χ2v) is 4.71. The minimum absolute atomic E-state index is 0.164. The molecule has 0 aliphatic heterocycles. The average molecular weight is 207 g/mol. The summed E-state index contributed by atoms with van der Waals surface area (Å²) in [5.74, 6) is 0.700. The summed E-state index contributed by atoms with van der Waals surface area (Å²) in [6.07, 6.45) is 2.54. The Morgan fingerprint density at radius 2 is 1.87 bits per heavy atom. The first-order chi connectivity index (χ1) is 7.15. The van der Waals surface area contributed by atoms with Crippen molar-refractivity contribution in [3.05, 3.63) is 35.6 Å². The Morgan fingerprint density at radius 1 is 1.27 bits per heavy atom. The Labute approximate surface area is 90.7 Å². The lowest BCUT2D eigenvalue weighted by Crippen LogP contribution is -2.41. The fourth-order valence-corrected chi connectivity index (χ4v) is 2.24. The zero-order chi connectivity index (χ0) is 10.8. The van der Waals surface area contributed by atoms with Crippen LogP contribution in [0.4, 0.5) is 4.39 Å². The normalized spacial score (nSPS) is 27.1. The first kappa shape index (κ1) is 10.6. The van der Waals surface area contributed by atoms with Gasteiger partial charge in [0.2, 0.25) is 0 Å². The summed E-state index contributed by atoms with van der Waals surface area (Å²) in [6.45, 7) is 4.41. The molecule has 0 saturated heterocycles. The van der Waals surface area contributed by atoms with Crippen LogP contribution in [0.15, 0.2) is 24.3 Å². The molecular formula is C13H18FN. The van der Waals surface area contributed by atoms with Crippen LogP contribution in [0.1, 0.15) is 38.3 Å². The monoisotopic (exact) mass is 207 g/mol. The minimum Gasteiger partial charge on any atom is -0.307 e. The molecule has 2 heteroatoms. The maximum Gasteiger partial charge on any atom is 0.123 e. The number of rotatable bonds is 3. The van der Waals surface area contributed by atoms with Crippen molar-refractivity contribution >= 4 is 0 Å². The Morgan fingerprint density at radius 3 is 2.40 bits per heavy atom. The van der Waals surface area contributed by atoms with Gasteiger partial charge in [-0.1, -0.05) is 19.1 Å². The van der Waals surface area contributed by atoms with Crippen molar-refractivity contribution in [1.82, 2.24) is 5.32 Å². The van der Waals surface area contributed by atoms with Gasteiger partial charge in [-0.15, -0.1) is 0 Å². The van der Waals surface area contributed by atoms with Gasteiger partial charge in [-0.05, 0) is 43.4 Å². The largest absolute Gasteiger partial charge is 0.307 e. The molecule has 1 aliphatic rings. The van der Waals surface area contributed by atoms with Crippen LogP contribution in [0.3, 0.4) is 0 Å². The molecule has 0 amide bonds. The van der Waals surface area contributed by atoms with Gasteiger partial charge >= 0.3 is 0 Å². The molecule has 1 N–H and O–H groups in total. The van der Waals surface area contributed by atoms with E-state index in [2.05, 4.69) is 19.2 Å². The molecule has 0 heterocycles. The van der Waals surface area contributed by atoms with Crippen molar-refractivity contribution < 1.29 is 4.39 Å². The van der Waals surface area contributed by atoms with E-state index in [-0.39, 0.29) is 5.82 Å². The molecule has 1 aromatic rings. The van der Waals surface area contributed by atoms with Crippen molar-refractivity contribution in [2.24, 2.45) is 5.92 Å². The Bertz CT molecular complexity index is 314. The number of benzene rings is 1. The van der Waals surface area contributed by atoms with Gasteiger partial charge in [0.15, 0.2) is 0 Å². The summed E-state index contributed by atoms with van der Waals surface area (Å²) in [7, 11) is 0. The van der Waals surface area contributed by atoms with E-state index in [1.165, 1.54) is 25.0 Å². The van der Waals surface area contributed by atoms with Crippen molar-refractivity contribution in [3.63, 3.8) is 0 Å². The highest BCUT2D eigenvalue weighted by Crippen LogP contribution is 2.28. The highest BCUT2D eigenvalue weighted by atomic mass is 19.1. The van der Waals surface area contributed by atoms with E-state index < -0.39 is 0 Å². The smallest absolute Gasteiger partial charge is 0.123 e. The molecule has 1 aromatic carbocycles. The van der Waals surface area contributed by atoms with E-state index in [0.29, 0.717) is 12.1 Å². The van der Waals surface area contributed by atoms with E-state index in [4.69, 9.17) is 0 Å². The van der Waals surface area contributed by atoms with Crippen molar-refractivity contribution in [2.45, 2.75) is 38.8 Å².